The SMILES string of the molecule is Nc1nc2c(s1)CCN(C/C=C/c1cccc(O)n1)CC2. The fourth-order valence-corrected chi connectivity index (χ4v) is 3.33. The molecule has 5 nitrogen and oxygen atoms in total. The molecule has 6 heteroatoms. The lowest BCUT2D eigenvalue weighted by atomic mass is 10.2. The summed E-state index contributed by atoms with van der Waals surface area (Å²) in [4.78, 5) is 12.2. The van der Waals surface area contributed by atoms with E-state index in [-0.39, 0.29) is 5.88 Å². The highest BCUT2D eigenvalue weighted by Gasteiger charge is 2.16. The molecule has 0 unspecified atom stereocenters. The van der Waals surface area contributed by atoms with Crippen molar-refractivity contribution >= 4 is 22.5 Å². The largest absolute Gasteiger partial charge is 0.493 e. The minimum Gasteiger partial charge on any atom is -0.493 e. The van der Waals surface area contributed by atoms with Crippen LogP contribution in [-0.2, 0) is 12.8 Å². The first-order chi connectivity index (χ1) is 10.2. The molecule has 110 valence electrons. The molecule has 21 heavy (non-hydrogen) atoms. The fourth-order valence-electron chi connectivity index (χ4n) is 2.47. The number of nitrogen functional groups attached to an aromatic ring is 1. The monoisotopic (exact) mass is 302 g/mol. The number of anilines is 1. The highest BCUT2D eigenvalue weighted by molar-refractivity contribution is 7.15. The van der Waals surface area contributed by atoms with Crippen LogP contribution in [0.5, 0.6) is 5.88 Å². The van der Waals surface area contributed by atoms with Gasteiger partial charge >= 0.3 is 0 Å². The first-order valence-corrected chi connectivity index (χ1v) is 7.81. The van der Waals surface area contributed by atoms with Crippen molar-refractivity contribution in [2.75, 3.05) is 25.4 Å². The summed E-state index contributed by atoms with van der Waals surface area (Å²) in [7, 11) is 0. The van der Waals surface area contributed by atoms with Crippen molar-refractivity contribution in [2.45, 2.75) is 12.8 Å². The van der Waals surface area contributed by atoms with Crippen LogP contribution in [0.25, 0.3) is 6.08 Å². The van der Waals surface area contributed by atoms with Crippen LogP contribution in [0.3, 0.4) is 0 Å². The van der Waals surface area contributed by atoms with Crippen molar-refractivity contribution in [3.63, 3.8) is 0 Å². The van der Waals surface area contributed by atoms with Crippen LogP contribution in [-0.4, -0.2) is 39.6 Å². The third kappa shape index (κ3) is 3.59. The Bertz CT molecular complexity index is 627. The van der Waals surface area contributed by atoms with Gasteiger partial charge in [-0.05, 0) is 18.6 Å². The van der Waals surface area contributed by atoms with E-state index in [9.17, 15) is 5.11 Å². The second kappa shape index (κ2) is 6.24. The molecule has 3 heterocycles. The van der Waals surface area contributed by atoms with E-state index < -0.39 is 0 Å². The van der Waals surface area contributed by atoms with Crippen LogP contribution in [0, 0.1) is 0 Å². The van der Waals surface area contributed by atoms with Gasteiger partial charge in [0.15, 0.2) is 5.13 Å². The van der Waals surface area contributed by atoms with E-state index in [1.54, 1.807) is 23.5 Å². The smallest absolute Gasteiger partial charge is 0.211 e. The highest BCUT2D eigenvalue weighted by Crippen LogP contribution is 2.24. The number of nitrogens with two attached hydrogens (primary N) is 1. The summed E-state index contributed by atoms with van der Waals surface area (Å²) >= 11 is 1.61. The van der Waals surface area contributed by atoms with Gasteiger partial charge in [-0.25, -0.2) is 9.97 Å². The maximum atomic E-state index is 9.33. The highest BCUT2D eigenvalue weighted by atomic mass is 32.1. The van der Waals surface area contributed by atoms with Gasteiger partial charge in [-0.1, -0.05) is 12.1 Å². The molecule has 0 amide bonds. The molecule has 0 spiro atoms. The number of fused-ring (bicyclic) bond motifs is 1. The second-order valence-corrected chi connectivity index (χ2v) is 6.16. The average Bonchev–Trinajstić information content (AvgIpc) is 2.71. The van der Waals surface area contributed by atoms with E-state index >= 15 is 0 Å². The maximum Gasteiger partial charge on any atom is 0.211 e. The van der Waals surface area contributed by atoms with Gasteiger partial charge in [0.05, 0.1) is 11.4 Å². The molecule has 3 rings (SSSR count). The zero-order chi connectivity index (χ0) is 14.7. The van der Waals surface area contributed by atoms with Gasteiger partial charge in [-0.2, -0.15) is 0 Å². The third-order valence-electron chi connectivity index (χ3n) is 3.52. The zero-order valence-electron chi connectivity index (χ0n) is 11.7. The molecule has 3 N–H and O–H groups in total. The molecule has 0 saturated carbocycles. The lowest BCUT2D eigenvalue weighted by Gasteiger charge is -2.17. The maximum absolute atomic E-state index is 9.33. The number of hydrogen-bond acceptors (Lipinski definition) is 6. The predicted octanol–water partition coefficient (Wildman–Crippen LogP) is 1.94. The lowest BCUT2D eigenvalue weighted by molar-refractivity contribution is 0.318. The number of nitrogens with zero attached hydrogens (tertiary/aromatic N) is 3. The molecule has 1 aliphatic heterocycles. The van der Waals surface area contributed by atoms with Crippen molar-refractivity contribution in [1.82, 2.24) is 14.9 Å². The molecular weight excluding hydrogens is 284 g/mol. The quantitative estimate of drug-likeness (QED) is 0.906. The standard InChI is InChI=1S/C15H18N4OS/c16-15-18-12-6-9-19(10-7-13(12)21-15)8-2-4-11-3-1-5-14(20)17-11/h1-5H,6-10H2,(H2,16,18)(H,17,20)/b4-2+. The molecule has 2 aromatic heterocycles. The molecule has 0 radical (unpaired) electrons. The minimum absolute atomic E-state index is 0.0556. The Balaban J connectivity index is 1.56. The van der Waals surface area contributed by atoms with Crippen LogP contribution in [0.1, 0.15) is 16.3 Å². The van der Waals surface area contributed by atoms with Crippen LogP contribution in [0.15, 0.2) is 24.3 Å². The van der Waals surface area contributed by atoms with Crippen molar-refractivity contribution < 1.29 is 5.11 Å². The minimum atomic E-state index is 0.0556. The fraction of sp³-hybridized carbons (Fsp3) is 0.333. The van der Waals surface area contributed by atoms with Crippen LogP contribution in [0.4, 0.5) is 5.13 Å². The molecule has 1 aliphatic rings. The molecule has 0 atom stereocenters. The normalized spacial score (nSPS) is 16.0. The molecule has 0 saturated heterocycles. The summed E-state index contributed by atoms with van der Waals surface area (Å²) in [5, 5.41) is 10.0. The van der Waals surface area contributed by atoms with E-state index in [0.29, 0.717) is 5.13 Å². The van der Waals surface area contributed by atoms with Gasteiger partial charge in [0.2, 0.25) is 5.88 Å². The van der Waals surface area contributed by atoms with E-state index in [4.69, 9.17) is 5.73 Å². The van der Waals surface area contributed by atoms with E-state index in [1.165, 1.54) is 10.6 Å². The van der Waals surface area contributed by atoms with Crippen molar-refractivity contribution in [3.8, 4) is 5.88 Å². The molecular formula is C15H18N4OS. The topological polar surface area (TPSA) is 75.3 Å². The Hall–Kier alpha value is -1.92. The van der Waals surface area contributed by atoms with E-state index in [1.807, 2.05) is 12.1 Å². The van der Waals surface area contributed by atoms with Gasteiger partial charge in [0.25, 0.3) is 0 Å². The Morgan fingerprint density at radius 3 is 3.00 bits per heavy atom. The first kappa shape index (κ1) is 14.0. The van der Waals surface area contributed by atoms with Gasteiger partial charge in [-0.15, -0.1) is 11.3 Å². The Morgan fingerprint density at radius 2 is 2.14 bits per heavy atom. The summed E-state index contributed by atoms with van der Waals surface area (Å²) < 4.78 is 0. The average molecular weight is 302 g/mol. The molecule has 2 aromatic rings. The Kier molecular flexibility index (Phi) is 4.17. The number of hydrogen-bond donors (Lipinski definition) is 2. The second-order valence-electron chi connectivity index (χ2n) is 5.05. The van der Waals surface area contributed by atoms with Crippen molar-refractivity contribution in [1.29, 1.82) is 0 Å². The van der Waals surface area contributed by atoms with Crippen LogP contribution in [0.2, 0.25) is 0 Å². The predicted molar refractivity (Wildman–Crippen MR) is 85.3 cm³/mol. The van der Waals surface area contributed by atoms with Gasteiger partial charge in [0.1, 0.15) is 0 Å². The zero-order valence-corrected chi connectivity index (χ0v) is 12.5. The Labute approximate surface area is 127 Å². The van der Waals surface area contributed by atoms with Gasteiger partial charge < -0.3 is 10.8 Å². The summed E-state index contributed by atoms with van der Waals surface area (Å²) in [6.45, 7) is 2.89. The molecule has 0 aromatic carbocycles. The summed E-state index contributed by atoms with van der Waals surface area (Å²) in [5.41, 5.74) is 7.70. The number of thiazole rings is 1. The molecule has 0 bridgehead atoms. The first-order valence-electron chi connectivity index (χ1n) is 7.00. The lowest BCUT2D eigenvalue weighted by Crippen LogP contribution is -2.26. The van der Waals surface area contributed by atoms with Gasteiger partial charge in [-0.3, -0.25) is 4.90 Å². The molecule has 0 fully saturated rings. The van der Waals surface area contributed by atoms with Crippen LogP contribution < -0.4 is 5.73 Å². The summed E-state index contributed by atoms with van der Waals surface area (Å²) in [6.07, 6.45) is 6.00. The van der Waals surface area contributed by atoms with Crippen molar-refractivity contribution in [2.24, 2.45) is 0 Å². The third-order valence-corrected chi connectivity index (χ3v) is 4.51. The molecule has 0 aliphatic carbocycles. The van der Waals surface area contributed by atoms with E-state index in [2.05, 4.69) is 20.9 Å². The summed E-state index contributed by atoms with van der Waals surface area (Å²) in [6, 6.07) is 5.24. The van der Waals surface area contributed by atoms with Crippen LogP contribution >= 0.6 is 11.3 Å². The Morgan fingerprint density at radius 1 is 1.29 bits per heavy atom. The van der Waals surface area contributed by atoms with E-state index in [0.717, 1.165) is 38.2 Å². The van der Waals surface area contributed by atoms with Gasteiger partial charge in [0, 0.05) is 37.0 Å². The number of aromatic hydroxyl groups is 1. The van der Waals surface area contributed by atoms with Crippen molar-refractivity contribution in [3.05, 3.63) is 40.5 Å². The number of rotatable bonds is 3. The summed E-state index contributed by atoms with van der Waals surface area (Å²) in [5.74, 6) is 0.0556. The number of pyridine rings is 1. The number of aromatic nitrogens is 2.